The number of hydrogen-bond acceptors (Lipinski definition) is 4. The number of likely N-dealkylation sites (tertiary alicyclic amines) is 1. The number of halogens is 1. The van der Waals surface area contributed by atoms with Crippen molar-refractivity contribution in [3.63, 3.8) is 0 Å². The summed E-state index contributed by atoms with van der Waals surface area (Å²) in [6.07, 6.45) is 7.72. The van der Waals surface area contributed by atoms with E-state index in [1.165, 1.54) is 0 Å². The Morgan fingerprint density at radius 1 is 1.25 bits per heavy atom. The fourth-order valence-corrected chi connectivity index (χ4v) is 4.89. The highest BCUT2D eigenvalue weighted by molar-refractivity contribution is 5.98. The van der Waals surface area contributed by atoms with Gasteiger partial charge in [0.25, 0.3) is 5.91 Å². The van der Waals surface area contributed by atoms with E-state index in [1.807, 2.05) is 19.9 Å². The number of rotatable bonds is 6. The van der Waals surface area contributed by atoms with E-state index in [2.05, 4.69) is 11.2 Å². The van der Waals surface area contributed by atoms with Gasteiger partial charge in [-0.1, -0.05) is 31.0 Å². The van der Waals surface area contributed by atoms with Crippen molar-refractivity contribution in [1.82, 2.24) is 4.90 Å². The van der Waals surface area contributed by atoms with Gasteiger partial charge in [-0.05, 0) is 61.1 Å². The van der Waals surface area contributed by atoms with Crippen LogP contribution in [0.2, 0.25) is 0 Å². The standard InChI is InChI=1S/C29H33FN2O4/c1-4-21-8-10-23(11-9-21)29(30)12-14-32(15-13-29)27(33)25-18-26(22(5-2)17-20(25)3)31-28(34)36-19-24-7-6-16-35-24/h1,8-11,17-18,24H,5-7,12-16,19H2,2-3H3,(H,31,34)/t24-/m1/s1. The normalized spacial score (nSPS) is 18.9. The van der Waals surface area contributed by atoms with Crippen LogP contribution in [0.5, 0.6) is 0 Å². The number of terminal acetylenes is 1. The van der Waals surface area contributed by atoms with Crippen LogP contribution in [0.25, 0.3) is 0 Å². The monoisotopic (exact) mass is 492 g/mol. The first-order chi connectivity index (χ1) is 17.3. The topological polar surface area (TPSA) is 67.9 Å². The van der Waals surface area contributed by atoms with Crippen LogP contribution in [0.1, 0.15) is 65.2 Å². The molecule has 7 heteroatoms. The molecule has 1 atom stereocenters. The summed E-state index contributed by atoms with van der Waals surface area (Å²) in [7, 11) is 0. The van der Waals surface area contributed by atoms with Gasteiger partial charge < -0.3 is 14.4 Å². The summed E-state index contributed by atoms with van der Waals surface area (Å²) in [5.74, 6) is 2.37. The van der Waals surface area contributed by atoms with E-state index >= 15 is 4.39 Å². The summed E-state index contributed by atoms with van der Waals surface area (Å²) in [5.41, 5.74) is 2.57. The lowest BCUT2D eigenvalue weighted by Gasteiger charge is -2.37. The molecular formula is C29H33FN2O4. The maximum absolute atomic E-state index is 15.7. The van der Waals surface area contributed by atoms with Gasteiger partial charge in [-0.25, -0.2) is 9.18 Å². The van der Waals surface area contributed by atoms with Gasteiger partial charge in [-0.3, -0.25) is 10.1 Å². The highest BCUT2D eigenvalue weighted by atomic mass is 19.1. The van der Waals surface area contributed by atoms with Crippen LogP contribution in [0.3, 0.4) is 0 Å². The van der Waals surface area contributed by atoms with E-state index in [1.54, 1.807) is 35.2 Å². The minimum Gasteiger partial charge on any atom is -0.447 e. The Kier molecular flexibility index (Phi) is 7.95. The highest BCUT2D eigenvalue weighted by Gasteiger charge is 2.38. The number of nitrogens with one attached hydrogen (secondary N) is 1. The molecule has 1 N–H and O–H groups in total. The molecule has 0 bridgehead atoms. The number of carbonyl (C=O) groups excluding carboxylic acids is 2. The number of carbonyl (C=O) groups is 2. The van der Waals surface area contributed by atoms with Crippen LogP contribution in [-0.4, -0.2) is 49.3 Å². The Morgan fingerprint density at radius 2 is 1.97 bits per heavy atom. The molecule has 0 aromatic heterocycles. The molecule has 0 aliphatic carbocycles. The number of hydrogen-bond donors (Lipinski definition) is 1. The molecule has 2 aromatic rings. The predicted octanol–water partition coefficient (Wildman–Crippen LogP) is 5.37. The SMILES string of the molecule is C#Cc1ccc(C2(F)CCN(C(=O)c3cc(NC(=O)OC[C@H]4CCCO4)c(CC)cc3C)CC2)cc1. The molecule has 36 heavy (non-hydrogen) atoms. The number of anilines is 1. The zero-order valence-electron chi connectivity index (χ0n) is 20.9. The molecule has 0 unspecified atom stereocenters. The summed E-state index contributed by atoms with van der Waals surface area (Å²) in [5, 5.41) is 2.79. The number of nitrogens with zero attached hydrogens (tertiary/aromatic N) is 1. The van der Waals surface area contributed by atoms with Crippen molar-refractivity contribution >= 4 is 17.7 Å². The van der Waals surface area contributed by atoms with Gasteiger partial charge in [-0.15, -0.1) is 6.42 Å². The van der Waals surface area contributed by atoms with Crippen LogP contribution < -0.4 is 5.32 Å². The number of aryl methyl sites for hydroxylation is 2. The first-order valence-electron chi connectivity index (χ1n) is 12.6. The molecule has 0 radical (unpaired) electrons. The second kappa shape index (κ2) is 11.1. The molecule has 4 rings (SSSR count). The number of benzene rings is 2. The van der Waals surface area contributed by atoms with E-state index in [0.29, 0.717) is 48.5 Å². The molecule has 6 nitrogen and oxygen atoms in total. The molecule has 0 spiro atoms. The second-order valence-corrected chi connectivity index (χ2v) is 9.52. The molecule has 2 aliphatic heterocycles. The fourth-order valence-electron chi connectivity index (χ4n) is 4.89. The molecule has 2 aromatic carbocycles. The van der Waals surface area contributed by atoms with Gasteiger partial charge >= 0.3 is 6.09 Å². The summed E-state index contributed by atoms with van der Waals surface area (Å²) < 4.78 is 26.5. The zero-order valence-corrected chi connectivity index (χ0v) is 20.9. The average molecular weight is 493 g/mol. The first kappa shape index (κ1) is 25.7. The van der Waals surface area contributed by atoms with Gasteiger partial charge in [-0.2, -0.15) is 0 Å². The van der Waals surface area contributed by atoms with E-state index in [0.717, 1.165) is 24.0 Å². The molecule has 2 fully saturated rings. The van der Waals surface area contributed by atoms with E-state index in [9.17, 15) is 9.59 Å². The van der Waals surface area contributed by atoms with Crippen LogP contribution in [-0.2, 0) is 21.6 Å². The largest absolute Gasteiger partial charge is 0.447 e. The minimum atomic E-state index is -1.50. The molecule has 2 heterocycles. The number of amides is 2. The summed E-state index contributed by atoms with van der Waals surface area (Å²) in [6, 6.07) is 10.6. The Hall–Kier alpha value is -3.37. The van der Waals surface area contributed by atoms with Gasteiger partial charge in [0.05, 0.1) is 6.10 Å². The van der Waals surface area contributed by atoms with Gasteiger partial charge in [0.2, 0.25) is 0 Å². The molecular weight excluding hydrogens is 459 g/mol. The van der Waals surface area contributed by atoms with Crippen molar-refractivity contribution < 1.29 is 23.5 Å². The fraction of sp³-hybridized carbons (Fsp3) is 0.448. The van der Waals surface area contributed by atoms with Crippen molar-refractivity contribution in [3.05, 3.63) is 64.2 Å². The average Bonchev–Trinajstić information content (AvgIpc) is 3.42. The maximum Gasteiger partial charge on any atom is 0.411 e. The zero-order chi connectivity index (χ0) is 25.7. The second-order valence-electron chi connectivity index (χ2n) is 9.52. The van der Waals surface area contributed by atoms with Crippen LogP contribution in [0.4, 0.5) is 14.9 Å². The lowest BCUT2D eigenvalue weighted by Crippen LogP contribution is -2.43. The minimum absolute atomic E-state index is 0.0615. The third kappa shape index (κ3) is 5.71. The lowest BCUT2D eigenvalue weighted by atomic mass is 9.85. The van der Waals surface area contributed by atoms with E-state index < -0.39 is 11.8 Å². The van der Waals surface area contributed by atoms with E-state index in [-0.39, 0.29) is 31.5 Å². The van der Waals surface area contributed by atoms with Crippen LogP contribution in [0, 0.1) is 19.3 Å². The molecule has 2 saturated heterocycles. The Bertz CT molecular complexity index is 1140. The van der Waals surface area contributed by atoms with Crippen LogP contribution >= 0.6 is 0 Å². The highest BCUT2D eigenvalue weighted by Crippen LogP contribution is 2.37. The van der Waals surface area contributed by atoms with Crippen molar-refractivity contribution in [2.45, 2.75) is 57.7 Å². The lowest BCUT2D eigenvalue weighted by molar-refractivity contribution is 0.0420. The molecule has 0 saturated carbocycles. The van der Waals surface area contributed by atoms with Crippen molar-refractivity contribution in [2.75, 3.05) is 31.6 Å². The van der Waals surface area contributed by atoms with Gasteiger partial charge in [0.15, 0.2) is 0 Å². The van der Waals surface area contributed by atoms with Crippen molar-refractivity contribution in [2.24, 2.45) is 0 Å². The Morgan fingerprint density at radius 3 is 2.58 bits per heavy atom. The Balaban J connectivity index is 1.43. The molecule has 190 valence electrons. The third-order valence-electron chi connectivity index (χ3n) is 7.13. The predicted molar refractivity (Wildman–Crippen MR) is 137 cm³/mol. The summed E-state index contributed by atoms with van der Waals surface area (Å²) in [6.45, 7) is 5.36. The smallest absolute Gasteiger partial charge is 0.411 e. The van der Waals surface area contributed by atoms with E-state index in [4.69, 9.17) is 15.9 Å². The molecule has 2 amide bonds. The first-order valence-corrected chi connectivity index (χ1v) is 12.6. The number of alkyl halides is 1. The summed E-state index contributed by atoms with van der Waals surface area (Å²) >= 11 is 0. The van der Waals surface area contributed by atoms with Crippen LogP contribution in [0.15, 0.2) is 36.4 Å². The van der Waals surface area contributed by atoms with Crippen molar-refractivity contribution in [1.29, 1.82) is 0 Å². The maximum atomic E-state index is 15.7. The van der Waals surface area contributed by atoms with Gasteiger partial charge in [0.1, 0.15) is 12.3 Å². The summed E-state index contributed by atoms with van der Waals surface area (Å²) in [4.78, 5) is 27.5. The molecule has 2 aliphatic rings. The number of piperidine rings is 1. The van der Waals surface area contributed by atoms with Crippen molar-refractivity contribution in [3.8, 4) is 12.3 Å². The van der Waals surface area contributed by atoms with Gasteiger partial charge in [0, 0.05) is 49.4 Å². The number of ether oxygens (including phenoxy) is 2. The third-order valence-corrected chi connectivity index (χ3v) is 7.13. The Labute approximate surface area is 212 Å². The quantitative estimate of drug-likeness (QED) is 0.551.